The van der Waals surface area contributed by atoms with E-state index in [0.717, 1.165) is 16.4 Å². The highest BCUT2D eigenvalue weighted by Gasteiger charge is 2.31. The molecule has 2 aromatic carbocycles. The fraction of sp³-hybridized carbons (Fsp3) is 0.211. The quantitative estimate of drug-likeness (QED) is 0.414. The van der Waals surface area contributed by atoms with E-state index >= 15 is 0 Å². The van der Waals surface area contributed by atoms with Crippen molar-refractivity contribution < 1.29 is 9.59 Å². The molecule has 2 aromatic rings. The predicted octanol–water partition coefficient (Wildman–Crippen LogP) is 4.03. The summed E-state index contributed by atoms with van der Waals surface area (Å²) in [5, 5.41) is 0. The predicted molar refractivity (Wildman–Crippen MR) is 94.1 cm³/mol. The van der Waals surface area contributed by atoms with Crippen molar-refractivity contribution in [3.05, 3.63) is 64.7 Å². The number of carbonyl (C=O) groups is 2. The van der Waals surface area contributed by atoms with Crippen molar-refractivity contribution in [2.75, 3.05) is 12.3 Å². The van der Waals surface area contributed by atoms with Crippen LogP contribution in [0.2, 0.25) is 0 Å². The first-order valence-electron chi connectivity index (χ1n) is 7.51. The third kappa shape index (κ3) is 2.99. The molecule has 0 amide bonds. The van der Waals surface area contributed by atoms with Crippen LogP contribution in [-0.2, 0) is 0 Å². The minimum atomic E-state index is -0.0694. The zero-order valence-corrected chi connectivity index (χ0v) is 13.9. The number of hydrogen-bond acceptors (Lipinski definition) is 4. The lowest BCUT2D eigenvalue weighted by molar-refractivity contribution is 0.0977. The summed E-state index contributed by atoms with van der Waals surface area (Å²) in [6.07, 6.45) is 0. The van der Waals surface area contributed by atoms with Gasteiger partial charge in [-0.1, -0.05) is 36.4 Å². The van der Waals surface area contributed by atoms with Crippen LogP contribution in [0, 0.1) is 0 Å². The standard InChI is InChI=1S/C19H17NO2S/c1-12(2)20-10-11-23-16-9-5-8-15-17(16)19(22)14-7-4-3-6-13(14)18(15)21/h3-9H,10-11H2,1-2H3. The molecule has 116 valence electrons. The third-order valence-corrected chi connectivity index (χ3v) is 4.73. The molecule has 1 aliphatic rings. The Morgan fingerprint density at radius 2 is 1.57 bits per heavy atom. The first-order chi connectivity index (χ1) is 11.1. The molecule has 0 aliphatic heterocycles. The lowest BCUT2D eigenvalue weighted by Crippen LogP contribution is -2.21. The van der Waals surface area contributed by atoms with Gasteiger partial charge in [0.05, 0.1) is 0 Å². The first-order valence-corrected chi connectivity index (χ1v) is 8.50. The van der Waals surface area contributed by atoms with Crippen molar-refractivity contribution in [1.82, 2.24) is 0 Å². The van der Waals surface area contributed by atoms with Gasteiger partial charge in [0.15, 0.2) is 11.6 Å². The largest absolute Gasteiger partial charge is 0.294 e. The summed E-state index contributed by atoms with van der Waals surface area (Å²) in [7, 11) is 0. The van der Waals surface area contributed by atoms with Crippen LogP contribution in [-0.4, -0.2) is 29.6 Å². The van der Waals surface area contributed by atoms with Gasteiger partial charge in [0.25, 0.3) is 0 Å². The van der Waals surface area contributed by atoms with E-state index < -0.39 is 0 Å². The Kier molecular flexibility index (Phi) is 4.44. The lowest BCUT2D eigenvalue weighted by Gasteiger charge is -2.19. The molecule has 0 spiro atoms. The Bertz CT molecular complexity index is 820. The second-order valence-electron chi connectivity index (χ2n) is 5.56. The summed E-state index contributed by atoms with van der Waals surface area (Å²) in [6, 6.07) is 12.5. The van der Waals surface area contributed by atoms with Crippen molar-refractivity contribution in [3.63, 3.8) is 0 Å². The van der Waals surface area contributed by atoms with Gasteiger partial charge in [0, 0.05) is 45.2 Å². The molecule has 0 radical (unpaired) electrons. The molecule has 0 fully saturated rings. The number of fused-ring (bicyclic) bond motifs is 2. The molecule has 23 heavy (non-hydrogen) atoms. The van der Waals surface area contributed by atoms with E-state index in [1.54, 1.807) is 42.1 Å². The highest BCUT2D eigenvalue weighted by Crippen LogP contribution is 2.33. The van der Waals surface area contributed by atoms with Crippen LogP contribution in [0.3, 0.4) is 0 Å². The molecule has 0 bridgehead atoms. The van der Waals surface area contributed by atoms with Crippen molar-refractivity contribution in [2.24, 2.45) is 4.99 Å². The van der Waals surface area contributed by atoms with Crippen molar-refractivity contribution in [3.8, 4) is 0 Å². The summed E-state index contributed by atoms with van der Waals surface area (Å²) < 4.78 is 0. The number of aliphatic imine (C=N–C) groups is 1. The van der Waals surface area contributed by atoms with E-state index in [4.69, 9.17) is 0 Å². The molecule has 0 saturated heterocycles. The molecule has 0 N–H and O–H groups in total. The Morgan fingerprint density at radius 3 is 2.26 bits per heavy atom. The van der Waals surface area contributed by atoms with Crippen LogP contribution in [0.1, 0.15) is 45.7 Å². The van der Waals surface area contributed by atoms with Crippen LogP contribution in [0.25, 0.3) is 0 Å². The molecular formula is C19H17NO2S. The monoisotopic (exact) mass is 323 g/mol. The minimum absolute atomic E-state index is 0.0616. The molecule has 4 heteroatoms. The number of hydrogen-bond donors (Lipinski definition) is 0. The van der Waals surface area contributed by atoms with Crippen molar-refractivity contribution >= 4 is 29.0 Å². The average molecular weight is 323 g/mol. The van der Waals surface area contributed by atoms with Crippen LogP contribution < -0.4 is 0 Å². The van der Waals surface area contributed by atoms with E-state index in [2.05, 4.69) is 4.99 Å². The van der Waals surface area contributed by atoms with Gasteiger partial charge in [-0.25, -0.2) is 0 Å². The van der Waals surface area contributed by atoms with E-state index in [9.17, 15) is 9.59 Å². The zero-order chi connectivity index (χ0) is 16.4. The van der Waals surface area contributed by atoms with Gasteiger partial charge in [0.1, 0.15) is 0 Å². The summed E-state index contributed by atoms with van der Waals surface area (Å²) in [6.45, 7) is 4.64. The summed E-state index contributed by atoms with van der Waals surface area (Å²) in [5.41, 5.74) is 3.09. The van der Waals surface area contributed by atoms with Gasteiger partial charge in [0.2, 0.25) is 0 Å². The topological polar surface area (TPSA) is 46.5 Å². The van der Waals surface area contributed by atoms with Crippen LogP contribution >= 0.6 is 11.8 Å². The van der Waals surface area contributed by atoms with Crippen LogP contribution in [0.5, 0.6) is 0 Å². The second-order valence-corrected chi connectivity index (χ2v) is 6.70. The normalized spacial score (nSPS) is 12.6. The number of rotatable bonds is 4. The van der Waals surface area contributed by atoms with Crippen molar-refractivity contribution in [2.45, 2.75) is 18.7 Å². The Hall–Kier alpha value is -2.20. The van der Waals surface area contributed by atoms with Gasteiger partial charge in [-0.15, -0.1) is 11.8 Å². The zero-order valence-electron chi connectivity index (χ0n) is 13.1. The summed E-state index contributed by atoms with van der Waals surface area (Å²) >= 11 is 1.58. The lowest BCUT2D eigenvalue weighted by atomic mass is 9.84. The molecule has 0 heterocycles. The van der Waals surface area contributed by atoms with E-state index in [1.807, 2.05) is 26.0 Å². The molecule has 1 aliphatic carbocycles. The number of thioether (sulfide) groups is 1. The second kappa shape index (κ2) is 6.50. The molecule has 0 saturated carbocycles. The van der Waals surface area contributed by atoms with Gasteiger partial charge < -0.3 is 0 Å². The number of benzene rings is 2. The maximum Gasteiger partial charge on any atom is 0.195 e. The molecule has 0 atom stereocenters. The number of nitrogens with zero attached hydrogens (tertiary/aromatic N) is 1. The molecular weight excluding hydrogens is 306 g/mol. The minimum Gasteiger partial charge on any atom is -0.294 e. The number of ketones is 2. The fourth-order valence-corrected chi connectivity index (χ4v) is 3.58. The average Bonchev–Trinajstić information content (AvgIpc) is 2.56. The van der Waals surface area contributed by atoms with Gasteiger partial charge in [-0.05, 0) is 19.9 Å². The SMILES string of the molecule is CC(C)=NCCSc1cccc2c1C(=O)c1ccccc1C2=O. The maximum absolute atomic E-state index is 12.8. The molecule has 0 unspecified atom stereocenters. The molecule has 0 aromatic heterocycles. The Balaban J connectivity index is 1.96. The maximum atomic E-state index is 12.8. The van der Waals surface area contributed by atoms with Gasteiger partial charge >= 0.3 is 0 Å². The summed E-state index contributed by atoms with van der Waals surface area (Å²) in [5.74, 6) is 0.652. The highest BCUT2D eigenvalue weighted by atomic mass is 32.2. The Morgan fingerprint density at radius 1 is 0.913 bits per heavy atom. The molecule has 3 rings (SSSR count). The summed E-state index contributed by atoms with van der Waals surface area (Å²) in [4.78, 5) is 30.7. The van der Waals surface area contributed by atoms with Crippen molar-refractivity contribution in [1.29, 1.82) is 0 Å². The third-order valence-electron chi connectivity index (χ3n) is 3.69. The smallest absolute Gasteiger partial charge is 0.195 e. The van der Waals surface area contributed by atoms with E-state index in [-0.39, 0.29) is 11.6 Å². The number of carbonyl (C=O) groups excluding carboxylic acids is 2. The van der Waals surface area contributed by atoms with Gasteiger partial charge in [-0.2, -0.15) is 0 Å². The fourth-order valence-electron chi connectivity index (χ4n) is 2.66. The Labute approximate surface area is 139 Å². The van der Waals surface area contributed by atoms with Crippen LogP contribution in [0.4, 0.5) is 0 Å². The van der Waals surface area contributed by atoms with Gasteiger partial charge in [-0.3, -0.25) is 14.6 Å². The first kappa shape index (κ1) is 15.7. The van der Waals surface area contributed by atoms with E-state index in [0.29, 0.717) is 28.8 Å². The van der Waals surface area contributed by atoms with Crippen LogP contribution in [0.15, 0.2) is 52.4 Å². The van der Waals surface area contributed by atoms with E-state index in [1.165, 1.54) is 0 Å². The molecule has 3 nitrogen and oxygen atoms in total. The highest BCUT2D eigenvalue weighted by molar-refractivity contribution is 7.99.